The first kappa shape index (κ1) is 12.0. The summed E-state index contributed by atoms with van der Waals surface area (Å²) >= 11 is 0. The maximum absolute atomic E-state index is 5.50. The molecule has 3 unspecified atom stereocenters. The van der Waals surface area contributed by atoms with Gasteiger partial charge in [-0.05, 0) is 25.2 Å². The van der Waals surface area contributed by atoms with Crippen molar-refractivity contribution in [3.05, 3.63) is 36.8 Å². The molecule has 4 aliphatic rings. The fourth-order valence-corrected chi connectivity index (χ4v) is 3.09. The van der Waals surface area contributed by atoms with Crippen LogP contribution in [0, 0.1) is 5.92 Å². The predicted molar refractivity (Wildman–Crippen MR) is 71.9 cm³/mol. The Morgan fingerprint density at radius 1 is 1.17 bits per heavy atom. The van der Waals surface area contributed by atoms with Crippen LogP contribution in [0.4, 0.5) is 0 Å². The SMILES string of the molecule is C=CC12CCCCC1O2.C=CC1CCC2=C(C1)O2. The van der Waals surface area contributed by atoms with E-state index in [-0.39, 0.29) is 5.60 Å². The fraction of sp³-hybridized carbons (Fsp3) is 0.625. The van der Waals surface area contributed by atoms with Crippen molar-refractivity contribution < 1.29 is 9.47 Å². The van der Waals surface area contributed by atoms with Crippen molar-refractivity contribution in [3.8, 4) is 0 Å². The molecule has 2 heterocycles. The van der Waals surface area contributed by atoms with Crippen LogP contribution >= 0.6 is 0 Å². The molecule has 0 bridgehead atoms. The number of hydrogen-bond donors (Lipinski definition) is 0. The second kappa shape index (κ2) is 4.58. The summed E-state index contributed by atoms with van der Waals surface area (Å²) < 4.78 is 10.7. The molecule has 0 spiro atoms. The molecule has 18 heavy (non-hydrogen) atoms. The van der Waals surface area contributed by atoms with Gasteiger partial charge in [0.2, 0.25) is 0 Å². The Balaban J connectivity index is 0.000000111. The molecule has 0 aromatic carbocycles. The molecule has 0 N–H and O–H groups in total. The average Bonchev–Trinajstić information content (AvgIpc) is 3.31. The largest absolute Gasteiger partial charge is 0.459 e. The van der Waals surface area contributed by atoms with Crippen molar-refractivity contribution >= 4 is 0 Å². The second-order valence-corrected chi connectivity index (χ2v) is 5.70. The van der Waals surface area contributed by atoms with Crippen LogP contribution < -0.4 is 0 Å². The number of fused-ring (bicyclic) bond motifs is 1. The third-order valence-corrected chi connectivity index (χ3v) is 4.52. The standard InChI is InChI=1S/C8H10O.C8H12O/c1-2-6-3-4-7-8(5-6)9-7;1-2-8-6-4-3-5-7(8)9-8/h2,6H,1,3-5H2;2,7H,1,3-6H2. The molecular weight excluding hydrogens is 224 g/mol. The molecule has 0 radical (unpaired) electrons. The van der Waals surface area contributed by atoms with Crippen molar-refractivity contribution in [2.24, 2.45) is 5.92 Å². The highest BCUT2D eigenvalue weighted by Gasteiger charge is 2.54. The Morgan fingerprint density at radius 2 is 2.06 bits per heavy atom. The van der Waals surface area contributed by atoms with Gasteiger partial charge in [-0.15, -0.1) is 13.2 Å². The summed E-state index contributed by atoms with van der Waals surface area (Å²) in [4.78, 5) is 0. The summed E-state index contributed by atoms with van der Waals surface area (Å²) in [6.07, 6.45) is 13.2. The highest BCUT2D eigenvalue weighted by atomic mass is 16.6. The normalized spacial score (nSPS) is 39.3. The van der Waals surface area contributed by atoms with E-state index in [0.29, 0.717) is 12.0 Å². The molecule has 2 nitrogen and oxygen atoms in total. The Hall–Kier alpha value is -1.02. The van der Waals surface area contributed by atoms with E-state index < -0.39 is 0 Å². The molecule has 2 aliphatic heterocycles. The van der Waals surface area contributed by atoms with Gasteiger partial charge in [0.15, 0.2) is 0 Å². The van der Waals surface area contributed by atoms with Crippen LogP contribution in [0.5, 0.6) is 0 Å². The summed E-state index contributed by atoms with van der Waals surface area (Å²) in [6.45, 7) is 7.53. The average molecular weight is 246 g/mol. The van der Waals surface area contributed by atoms with Crippen molar-refractivity contribution in [1.29, 1.82) is 0 Å². The van der Waals surface area contributed by atoms with E-state index in [4.69, 9.17) is 9.47 Å². The lowest BCUT2D eigenvalue weighted by molar-refractivity contribution is 0.329. The quantitative estimate of drug-likeness (QED) is 0.541. The second-order valence-electron chi connectivity index (χ2n) is 5.70. The number of ether oxygens (including phenoxy) is 2. The molecule has 0 aromatic rings. The molecule has 2 aliphatic carbocycles. The van der Waals surface area contributed by atoms with Crippen LogP contribution in [0.25, 0.3) is 0 Å². The molecule has 1 saturated heterocycles. The first-order chi connectivity index (χ1) is 8.77. The summed E-state index contributed by atoms with van der Waals surface area (Å²) in [5.74, 6) is 3.19. The zero-order valence-electron chi connectivity index (χ0n) is 11.0. The number of rotatable bonds is 2. The van der Waals surface area contributed by atoms with E-state index in [1.165, 1.54) is 43.6 Å². The van der Waals surface area contributed by atoms with Gasteiger partial charge in [0, 0.05) is 12.8 Å². The highest BCUT2D eigenvalue weighted by molar-refractivity contribution is 5.22. The van der Waals surface area contributed by atoms with Gasteiger partial charge in [-0.3, -0.25) is 0 Å². The Morgan fingerprint density at radius 3 is 2.67 bits per heavy atom. The number of epoxide rings is 1. The van der Waals surface area contributed by atoms with Crippen LogP contribution in [-0.2, 0) is 9.47 Å². The Labute approximate surface area is 109 Å². The number of allylic oxidation sites excluding steroid dienone is 3. The fourth-order valence-electron chi connectivity index (χ4n) is 3.09. The van der Waals surface area contributed by atoms with E-state index in [0.717, 1.165) is 12.8 Å². The Kier molecular flexibility index (Phi) is 3.06. The van der Waals surface area contributed by atoms with Crippen LogP contribution in [0.1, 0.15) is 44.9 Å². The molecule has 1 saturated carbocycles. The minimum Gasteiger partial charge on any atom is -0.459 e. The first-order valence-electron chi connectivity index (χ1n) is 7.11. The molecule has 98 valence electrons. The lowest BCUT2D eigenvalue weighted by Crippen LogP contribution is -2.15. The molecule has 0 aromatic heterocycles. The van der Waals surface area contributed by atoms with Crippen molar-refractivity contribution in [1.82, 2.24) is 0 Å². The van der Waals surface area contributed by atoms with Gasteiger partial charge < -0.3 is 9.47 Å². The van der Waals surface area contributed by atoms with Gasteiger partial charge in [-0.1, -0.05) is 25.0 Å². The maximum Gasteiger partial charge on any atom is 0.142 e. The van der Waals surface area contributed by atoms with E-state index in [1.54, 1.807) is 0 Å². The Bertz CT molecular complexity index is 396. The zero-order valence-corrected chi connectivity index (χ0v) is 11.0. The van der Waals surface area contributed by atoms with Gasteiger partial charge in [-0.25, -0.2) is 0 Å². The van der Waals surface area contributed by atoms with Crippen LogP contribution in [0.15, 0.2) is 36.8 Å². The van der Waals surface area contributed by atoms with E-state index in [2.05, 4.69) is 13.2 Å². The third-order valence-electron chi connectivity index (χ3n) is 4.52. The van der Waals surface area contributed by atoms with Crippen LogP contribution in [-0.4, -0.2) is 11.7 Å². The molecular formula is C16H22O2. The predicted octanol–water partition coefficient (Wildman–Crippen LogP) is 4.10. The molecule has 4 rings (SSSR count). The first-order valence-corrected chi connectivity index (χ1v) is 7.11. The zero-order chi connectivity index (χ0) is 12.6. The van der Waals surface area contributed by atoms with Gasteiger partial charge in [-0.2, -0.15) is 0 Å². The van der Waals surface area contributed by atoms with Crippen LogP contribution in [0.2, 0.25) is 0 Å². The van der Waals surface area contributed by atoms with E-state index in [1.807, 2.05) is 12.2 Å². The lowest BCUT2D eigenvalue weighted by atomic mass is 9.89. The van der Waals surface area contributed by atoms with Gasteiger partial charge in [0.1, 0.15) is 17.1 Å². The van der Waals surface area contributed by atoms with Crippen molar-refractivity contribution in [2.45, 2.75) is 56.7 Å². The summed E-state index contributed by atoms with van der Waals surface area (Å²) in [5, 5.41) is 0. The summed E-state index contributed by atoms with van der Waals surface area (Å²) in [5.41, 5.74) is 0.151. The molecule has 2 fully saturated rings. The molecule has 0 amide bonds. The third kappa shape index (κ3) is 2.26. The van der Waals surface area contributed by atoms with Crippen LogP contribution in [0.3, 0.4) is 0 Å². The minimum absolute atomic E-state index is 0.151. The summed E-state index contributed by atoms with van der Waals surface area (Å²) in [7, 11) is 0. The maximum atomic E-state index is 5.50. The monoisotopic (exact) mass is 246 g/mol. The van der Waals surface area contributed by atoms with Gasteiger partial charge >= 0.3 is 0 Å². The minimum atomic E-state index is 0.151. The summed E-state index contributed by atoms with van der Waals surface area (Å²) in [6, 6.07) is 0. The lowest BCUT2D eigenvalue weighted by Gasteiger charge is -2.11. The van der Waals surface area contributed by atoms with E-state index in [9.17, 15) is 0 Å². The smallest absolute Gasteiger partial charge is 0.142 e. The number of hydrogen-bond acceptors (Lipinski definition) is 2. The topological polar surface area (TPSA) is 25.1 Å². The van der Waals surface area contributed by atoms with E-state index >= 15 is 0 Å². The van der Waals surface area contributed by atoms with Crippen molar-refractivity contribution in [2.75, 3.05) is 0 Å². The molecule has 2 heteroatoms. The van der Waals surface area contributed by atoms with Gasteiger partial charge in [0.25, 0.3) is 0 Å². The highest BCUT2D eigenvalue weighted by Crippen LogP contribution is 2.48. The molecule has 3 atom stereocenters. The van der Waals surface area contributed by atoms with Crippen molar-refractivity contribution in [3.63, 3.8) is 0 Å². The van der Waals surface area contributed by atoms with Gasteiger partial charge in [0.05, 0.1) is 6.10 Å².